The van der Waals surface area contributed by atoms with Crippen molar-refractivity contribution in [3.05, 3.63) is 65.5 Å². The lowest BCUT2D eigenvalue weighted by Crippen LogP contribution is -2.57. The standard InChI is InChI=1S/C20H21FN2O2/c1-3-15-4-10-18(11-5-15)23-13-12-22(14(2)19(23)24)20(25)16-6-8-17(21)9-7-16/h4-11,14H,3,12-13H2,1-2H3. The summed E-state index contributed by atoms with van der Waals surface area (Å²) in [4.78, 5) is 28.6. The highest BCUT2D eigenvalue weighted by molar-refractivity contribution is 6.03. The van der Waals surface area contributed by atoms with Gasteiger partial charge in [0.05, 0.1) is 0 Å². The number of hydrogen-bond acceptors (Lipinski definition) is 2. The molecule has 4 nitrogen and oxygen atoms in total. The van der Waals surface area contributed by atoms with Crippen LogP contribution in [-0.2, 0) is 11.2 Å². The van der Waals surface area contributed by atoms with Gasteiger partial charge in [-0.15, -0.1) is 0 Å². The van der Waals surface area contributed by atoms with Crippen molar-refractivity contribution >= 4 is 17.5 Å². The van der Waals surface area contributed by atoms with Crippen molar-refractivity contribution in [2.24, 2.45) is 0 Å². The number of hydrogen-bond donors (Lipinski definition) is 0. The first-order valence-electron chi connectivity index (χ1n) is 8.48. The molecular weight excluding hydrogens is 319 g/mol. The number of amides is 2. The number of rotatable bonds is 3. The van der Waals surface area contributed by atoms with Crippen LogP contribution in [0.5, 0.6) is 0 Å². The van der Waals surface area contributed by atoms with Crippen LogP contribution in [-0.4, -0.2) is 35.8 Å². The number of nitrogens with zero attached hydrogens (tertiary/aromatic N) is 2. The number of aryl methyl sites for hydroxylation is 1. The van der Waals surface area contributed by atoms with Gasteiger partial charge in [-0.2, -0.15) is 0 Å². The number of carbonyl (C=O) groups is 2. The SMILES string of the molecule is CCc1ccc(N2CCN(C(=O)c3ccc(F)cc3)C(C)C2=O)cc1. The van der Waals surface area contributed by atoms with Crippen LogP contribution >= 0.6 is 0 Å². The molecule has 0 aromatic heterocycles. The summed E-state index contributed by atoms with van der Waals surface area (Å²) < 4.78 is 13.0. The van der Waals surface area contributed by atoms with Gasteiger partial charge in [0, 0.05) is 24.3 Å². The number of halogens is 1. The molecule has 1 heterocycles. The maximum atomic E-state index is 13.0. The van der Waals surface area contributed by atoms with E-state index in [0.717, 1.165) is 12.1 Å². The molecule has 1 aliphatic heterocycles. The summed E-state index contributed by atoms with van der Waals surface area (Å²) in [7, 11) is 0. The summed E-state index contributed by atoms with van der Waals surface area (Å²) in [5.41, 5.74) is 2.46. The Morgan fingerprint density at radius 3 is 2.32 bits per heavy atom. The molecule has 0 spiro atoms. The molecule has 0 saturated carbocycles. The molecule has 1 atom stereocenters. The van der Waals surface area contributed by atoms with Crippen molar-refractivity contribution in [2.75, 3.05) is 18.0 Å². The minimum atomic E-state index is -0.558. The number of piperazine rings is 1. The van der Waals surface area contributed by atoms with E-state index in [1.165, 1.54) is 29.8 Å². The Morgan fingerprint density at radius 2 is 1.72 bits per heavy atom. The number of benzene rings is 2. The van der Waals surface area contributed by atoms with Gasteiger partial charge in [-0.25, -0.2) is 4.39 Å². The normalized spacial score (nSPS) is 17.7. The fraction of sp³-hybridized carbons (Fsp3) is 0.300. The van der Waals surface area contributed by atoms with Crippen LogP contribution in [0.4, 0.5) is 10.1 Å². The van der Waals surface area contributed by atoms with Gasteiger partial charge in [-0.3, -0.25) is 9.59 Å². The van der Waals surface area contributed by atoms with Crippen LogP contribution in [0.3, 0.4) is 0 Å². The predicted octanol–water partition coefficient (Wildman–Crippen LogP) is 3.27. The number of anilines is 1. The highest BCUT2D eigenvalue weighted by Crippen LogP contribution is 2.22. The predicted molar refractivity (Wildman–Crippen MR) is 95.1 cm³/mol. The molecule has 0 N–H and O–H groups in total. The van der Waals surface area contributed by atoms with Gasteiger partial charge in [0.25, 0.3) is 5.91 Å². The van der Waals surface area contributed by atoms with Crippen molar-refractivity contribution in [3.8, 4) is 0 Å². The lowest BCUT2D eigenvalue weighted by Gasteiger charge is -2.39. The van der Waals surface area contributed by atoms with Crippen molar-refractivity contribution in [1.82, 2.24) is 4.90 Å². The first-order valence-corrected chi connectivity index (χ1v) is 8.48. The Hall–Kier alpha value is -2.69. The monoisotopic (exact) mass is 340 g/mol. The molecule has 1 unspecified atom stereocenters. The molecule has 130 valence electrons. The van der Waals surface area contributed by atoms with Crippen molar-refractivity contribution in [1.29, 1.82) is 0 Å². The van der Waals surface area contributed by atoms with Crippen molar-refractivity contribution < 1.29 is 14.0 Å². The Balaban J connectivity index is 1.76. The van der Waals surface area contributed by atoms with E-state index in [-0.39, 0.29) is 17.6 Å². The van der Waals surface area contributed by atoms with Crippen molar-refractivity contribution in [3.63, 3.8) is 0 Å². The second-order valence-electron chi connectivity index (χ2n) is 6.19. The lowest BCUT2D eigenvalue weighted by atomic mass is 10.1. The van der Waals surface area contributed by atoms with E-state index in [9.17, 15) is 14.0 Å². The molecule has 5 heteroatoms. The zero-order chi connectivity index (χ0) is 18.0. The van der Waals surface area contributed by atoms with Gasteiger partial charge < -0.3 is 9.80 Å². The minimum absolute atomic E-state index is 0.106. The molecule has 2 aromatic carbocycles. The van der Waals surface area contributed by atoms with Crippen molar-refractivity contribution in [2.45, 2.75) is 26.3 Å². The third kappa shape index (κ3) is 3.40. The first kappa shape index (κ1) is 17.1. The fourth-order valence-electron chi connectivity index (χ4n) is 3.07. The Morgan fingerprint density at radius 1 is 1.08 bits per heavy atom. The van der Waals surface area contributed by atoms with Crippen LogP contribution < -0.4 is 4.90 Å². The largest absolute Gasteiger partial charge is 0.325 e. The highest BCUT2D eigenvalue weighted by atomic mass is 19.1. The molecule has 0 aliphatic carbocycles. The summed E-state index contributed by atoms with van der Waals surface area (Å²) >= 11 is 0. The second-order valence-corrected chi connectivity index (χ2v) is 6.19. The van der Waals surface area contributed by atoms with E-state index in [0.29, 0.717) is 18.7 Å². The molecule has 3 rings (SSSR count). The van der Waals surface area contributed by atoms with Crippen LogP contribution in [0.15, 0.2) is 48.5 Å². The fourth-order valence-corrected chi connectivity index (χ4v) is 3.07. The van der Waals surface area contributed by atoms with Gasteiger partial charge in [0.1, 0.15) is 11.9 Å². The summed E-state index contributed by atoms with van der Waals surface area (Å²) in [6, 6.07) is 12.8. The molecule has 1 aliphatic rings. The molecule has 0 bridgehead atoms. The Labute approximate surface area is 146 Å². The average molecular weight is 340 g/mol. The minimum Gasteiger partial charge on any atom is -0.325 e. The van der Waals surface area contributed by atoms with E-state index >= 15 is 0 Å². The third-order valence-electron chi connectivity index (χ3n) is 4.66. The zero-order valence-corrected chi connectivity index (χ0v) is 14.4. The van der Waals surface area contributed by atoms with E-state index < -0.39 is 6.04 Å². The van der Waals surface area contributed by atoms with Gasteiger partial charge in [-0.1, -0.05) is 19.1 Å². The maximum Gasteiger partial charge on any atom is 0.254 e. The van der Waals surface area contributed by atoms with Gasteiger partial charge in [-0.05, 0) is 55.3 Å². The van der Waals surface area contributed by atoms with Gasteiger partial charge >= 0.3 is 0 Å². The summed E-state index contributed by atoms with van der Waals surface area (Å²) in [5, 5.41) is 0. The summed E-state index contributed by atoms with van der Waals surface area (Å²) in [6.07, 6.45) is 0.949. The molecule has 1 fully saturated rings. The third-order valence-corrected chi connectivity index (χ3v) is 4.66. The average Bonchev–Trinajstić information content (AvgIpc) is 2.64. The van der Waals surface area contributed by atoms with Gasteiger partial charge in [0.2, 0.25) is 5.91 Å². The van der Waals surface area contributed by atoms with E-state index in [1.807, 2.05) is 24.3 Å². The first-order chi connectivity index (χ1) is 12.0. The van der Waals surface area contributed by atoms with Crippen LogP contribution in [0.25, 0.3) is 0 Å². The Bertz CT molecular complexity index is 771. The smallest absolute Gasteiger partial charge is 0.254 e. The second kappa shape index (κ2) is 7.05. The zero-order valence-electron chi connectivity index (χ0n) is 14.4. The Kier molecular flexibility index (Phi) is 4.83. The molecular formula is C20H21FN2O2. The van der Waals surface area contributed by atoms with Crippen LogP contribution in [0, 0.1) is 5.82 Å². The quantitative estimate of drug-likeness (QED) is 0.860. The topological polar surface area (TPSA) is 40.6 Å². The lowest BCUT2D eigenvalue weighted by molar-refractivity contribution is -0.124. The summed E-state index contributed by atoms with van der Waals surface area (Å²) in [6.45, 7) is 4.71. The highest BCUT2D eigenvalue weighted by Gasteiger charge is 2.35. The van der Waals surface area contributed by atoms with Gasteiger partial charge in [0.15, 0.2) is 0 Å². The van der Waals surface area contributed by atoms with E-state index in [2.05, 4.69) is 6.92 Å². The molecule has 25 heavy (non-hydrogen) atoms. The molecule has 1 saturated heterocycles. The van der Waals surface area contributed by atoms with E-state index in [4.69, 9.17) is 0 Å². The number of carbonyl (C=O) groups excluding carboxylic acids is 2. The molecule has 0 radical (unpaired) electrons. The van der Waals surface area contributed by atoms with Crippen LogP contribution in [0.2, 0.25) is 0 Å². The molecule has 2 aromatic rings. The maximum absolute atomic E-state index is 13.0. The summed E-state index contributed by atoms with van der Waals surface area (Å²) in [5.74, 6) is -0.742. The van der Waals surface area contributed by atoms with Crippen LogP contribution in [0.1, 0.15) is 29.8 Å². The van der Waals surface area contributed by atoms with E-state index in [1.54, 1.807) is 16.7 Å². The molecule has 2 amide bonds.